The molecule has 1 heterocycles. The maximum absolute atomic E-state index is 13.5. The van der Waals surface area contributed by atoms with Gasteiger partial charge in [0, 0.05) is 28.6 Å². The number of hydrogen-bond donors (Lipinski definition) is 1. The predicted octanol–water partition coefficient (Wildman–Crippen LogP) is 7.89. The van der Waals surface area contributed by atoms with Gasteiger partial charge < -0.3 is 9.73 Å². The number of halogens is 2. The Morgan fingerprint density at radius 3 is 2.24 bits per heavy atom. The van der Waals surface area contributed by atoms with Crippen LogP contribution in [0, 0.1) is 12.7 Å². The molecule has 0 aliphatic heterocycles. The third-order valence-electron chi connectivity index (χ3n) is 5.97. The number of furan rings is 1. The highest BCUT2D eigenvalue weighted by atomic mass is 35.5. The minimum atomic E-state index is -0.348. The molecular formula is C29H21ClFNO2. The first-order chi connectivity index (χ1) is 16.5. The van der Waals surface area contributed by atoms with Crippen molar-refractivity contribution < 1.29 is 13.6 Å². The van der Waals surface area contributed by atoms with Gasteiger partial charge in [-0.1, -0.05) is 54.1 Å². The van der Waals surface area contributed by atoms with E-state index in [-0.39, 0.29) is 11.7 Å². The quantitative estimate of drug-likeness (QED) is 0.290. The Balaban J connectivity index is 1.64. The van der Waals surface area contributed by atoms with E-state index < -0.39 is 0 Å². The molecule has 0 radical (unpaired) electrons. The van der Waals surface area contributed by atoms with Gasteiger partial charge >= 0.3 is 0 Å². The molecule has 34 heavy (non-hydrogen) atoms. The summed E-state index contributed by atoms with van der Waals surface area (Å²) >= 11 is 6.39. The Morgan fingerprint density at radius 2 is 1.53 bits per heavy atom. The van der Waals surface area contributed by atoms with Crippen LogP contribution in [-0.4, -0.2) is 13.0 Å². The van der Waals surface area contributed by atoms with E-state index in [1.54, 1.807) is 19.2 Å². The standard InChI is InChI=1S/C29H21ClFNO2/c1-17-15-19(23-5-3-4-6-25(23)30)9-13-22(17)20-10-14-26-24(16-20)27(29(33)32-2)28(34-26)18-7-11-21(31)12-8-18/h3-16H,1-2H3,(H,32,33). The van der Waals surface area contributed by atoms with Crippen molar-refractivity contribution in [3.8, 4) is 33.6 Å². The lowest BCUT2D eigenvalue weighted by molar-refractivity contribution is 0.0964. The molecule has 168 valence electrons. The average Bonchev–Trinajstić information content (AvgIpc) is 3.23. The van der Waals surface area contributed by atoms with Crippen LogP contribution < -0.4 is 5.32 Å². The lowest BCUT2D eigenvalue weighted by Crippen LogP contribution is -2.18. The zero-order valence-corrected chi connectivity index (χ0v) is 19.4. The van der Waals surface area contributed by atoms with E-state index in [0.29, 0.717) is 32.9 Å². The van der Waals surface area contributed by atoms with Gasteiger partial charge in [0.1, 0.15) is 17.2 Å². The van der Waals surface area contributed by atoms with Crippen molar-refractivity contribution in [2.75, 3.05) is 7.05 Å². The van der Waals surface area contributed by atoms with Crippen LogP contribution in [-0.2, 0) is 0 Å². The van der Waals surface area contributed by atoms with Crippen LogP contribution in [0.1, 0.15) is 15.9 Å². The number of fused-ring (bicyclic) bond motifs is 1. The fourth-order valence-electron chi connectivity index (χ4n) is 4.27. The first-order valence-electron chi connectivity index (χ1n) is 10.9. The topological polar surface area (TPSA) is 42.2 Å². The van der Waals surface area contributed by atoms with Crippen LogP contribution in [0.4, 0.5) is 4.39 Å². The molecule has 5 heteroatoms. The summed E-state index contributed by atoms with van der Waals surface area (Å²) in [5.74, 6) is -0.197. The van der Waals surface area contributed by atoms with Crippen molar-refractivity contribution in [2.24, 2.45) is 0 Å². The van der Waals surface area contributed by atoms with Gasteiger partial charge in [0.25, 0.3) is 5.91 Å². The number of benzene rings is 4. The van der Waals surface area contributed by atoms with E-state index in [0.717, 1.165) is 27.8 Å². The second-order valence-corrected chi connectivity index (χ2v) is 8.52. The van der Waals surface area contributed by atoms with Crippen LogP contribution in [0.25, 0.3) is 44.5 Å². The number of nitrogens with one attached hydrogen (secondary N) is 1. The summed E-state index contributed by atoms with van der Waals surface area (Å²) in [5, 5.41) is 4.10. The Morgan fingerprint density at radius 1 is 0.853 bits per heavy atom. The SMILES string of the molecule is CNC(=O)c1c(-c2ccc(F)cc2)oc2ccc(-c3ccc(-c4ccccc4Cl)cc3C)cc12. The van der Waals surface area contributed by atoms with E-state index in [4.69, 9.17) is 16.0 Å². The summed E-state index contributed by atoms with van der Waals surface area (Å²) in [6, 6.07) is 25.7. The van der Waals surface area contributed by atoms with Crippen LogP contribution in [0.3, 0.4) is 0 Å². The van der Waals surface area contributed by atoms with Crippen molar-refractivity contribution in [1.29, 1.82) is 0 Å². The summed E-state index contributed by atoms with van der Waals surface area (Å²) in [6.45, 7) is 2.05. The molecule has 3 nitrogen and oxygen atoms in total. The Bertz CT molecular complexity index is 1540. The van der Waals surface area contributed by atoms with Gasteiger partial charge in [0.15, 0.2) is 0 Å². The summed E-state index contributed by atoms with van der Waals surface area (Å²) in [5.41, 5.74) is 6.77. The normalized spacial score (nSPS) is 11.1. The third-order valence-corrected chi connectivity index (χ3v) is 6.30. The van der Waals surface area contributed by atoms with Gasteiger partial charge in [-0.05, 0) is 71.6 Å². The Hall–Kier alpha value is -3.89. The fourth-order valence-corrected chi connectivity index (χ4v) is 4.52. The molecular weight excluding hydrogens is 449 g/mol. The smallest absolute Gasteiger partial charge is 0.255 e. The molecule has 0 atom stereocenters. The van der Waals surface area contributed by atoms with Crippen molar-refractivity contribution in [1.82, 2.24) is 5.32 Å². The summed E-state index contributed by atoms with van der Waals surface area (Å²) in [7, 11) is 1.58. The predicted molar refractivity (Wildman–Crippen MR) is 136 cm³/mol. The van der Waals surface area contributed by atoms with Gasteiger partial charge in [0.2, 0.25) is 0 Å². The lowest BCUT2D eigenvalue weighted by Gasteiger charge is -2.11. The number of rotatable bonds is 4. The zero-order chi connectivity index (χ0) is 23.8. The lowest BCUT2D eigenvalue weighted by atomic mass is 9.94. The molecule has 0 saturated heterocycles. The second kappa shape index (κ2) is 8.81. The number of hydrogen-bond acceptors (Lipinski definition) is 2. The molecule has 1 amide bonds. The summed E-state index contributed by atoms with van der Waals surface area (Å²) in [4.78, 5) is 12.8. The van der Waals surface area contributed by atoms with Gasteiger partial charge in [-0.15, -0.1) is 0 Å². The van der Waals surface area contributed by atoms with E-state index >= 15 is 0 Å². The van der Waals surface area contributed by atoms with E-state index in [2.05, 4.69) is 24.4 Å². The Labute approximate surface area is 201 Å². The molecule has 0 unspecified atom stereocenters. The molecule has 0 aliphatic carbocycles. The third kappa shape index (κ3) is 3.87. The van der Waals surface area contributed by atoms with Crippen LogP contribution in [0.5, 0.6) is 0 Å². The molecule has 1 N–H and O–H groups in total. The van der Waals surface area contributed by atoms with E-state index in [1.165, 1.54) is 12.1 Å². The van der Waals surface area contributed by atoms with Gasteiger partial charge in [-0.2, -0.15) is 0 Å². The molecule has 5 rings (SSSR count). The van der Waals surface area contributed by atoms with Crippen molar-refractivity contribution in [3.05, 3.63) is 107 Å². The van der Waals surface area contributed by atoms with Crippen LogP contribution in [0.15, 0.2) is 89.3 Å². The fraction of sp³-hybridized carbons (Fsp3) is 0.0690. The number of aryl methyl sites for hydroxylation is 1. The monoisotopic (exact) mass is 469 g/mol. The first-order valence-corrected chi connectivity index (χ1v) is 11.2. The highest BCUT2D eigenvalue weighted by Gasteiger charge is 2.22. The molecule has 0 bridgehead atoms. The molecule has 0 spiro atoms. The molecule has 1 aromatic heterocycles. The number of carbonyl (C=O) groups excluding carboxylic acids is 1. The zero-order valence-electron chi connectivity index (χ0n) is 18.7. The van der Waals surface area contributed by atoms with E-state index in [1.807, 2.05) is 48.5 Å². The highest BCUT2D eigenvalue weighted by Crippen LogP contribution is 2.38. The largest absolute Gasteiger partial charge is 0.455 e. The summed E-state index contributed by atoms with van der Waals surface area (Å²) in [6.07, 6.45) is 0. The van der Waals surface area contributed by atoms with Crippen LogP contribution >= 0.6 is 11.6 Å². The molecule has 0 saturated carbocycles. The molecule has 4 aromatic carbocycles. The molecule has 0 aliphatic rings. The second-order valence-electron chi connectivity index (χ2n) is 8.11. The van der Waals surface area contributed by atoms with E-state index in [9.17, 15) is 9.18 Å². The van der Waals surface area contributed by atoms with Crippen molar-refractivity contribution in [3.63, 3.8) is 0 Å². The highest BCUT2D eigenvalue weighted by molar-refractivity contribution is 6.33. The van der Waals surface area contributed by atoms with Crippen LogP contribution in [0.2, 0.25) is 5.02 Å². The molecule has 5 aromatic rings. The minimum absolute atomic E-state index is 0.263. The maximum Gasteiger partial charge on any atom is 0.255 e. The van der Waals surface area contributed by atoms with Gasteiger partial charge in [-0.25, -0.2) is 4.39 Å². The first kappa shape index (κ1) is 21.9. The Kier molecular flexibility index (Phi) is 5.68. The number of amides is 1. The maximum atomic E-state index is 13.5. The van der Waals surface area contributed by atoms with Crippen molar-refractivity contribution >= 4 is 28.5 Å². The minimum Gasteiger partial charge on any atom is -0.455 e. The van der Waals surface area contributed by atoms with Crippen molar-refractivity contribution in [2.45, 2.75) is 6.92 Å². The molecule has 0 fully saturated rings. The van der Waals surface area contributed by atoms with Gasteiger partial charge in [0.05, 0.1) is 5.56 Å². The summed E-state index contributed by atoms with van der Waals surface area (Å²) < 4.78 is 19.5. The van der Waals surface area contributed by atoms with Gasteiger partial charge in [-0.3, -0.25) is 4.79 Å². The average molecular weight is 470 g/mol. The number of carbonyl (C=O) groups is 1.